The van der Waals surface area contributed by atoms with Gasteiger partial charge in [-0.25, -0.2) is 0 Å². The van der Waals surface area contributed by atoms with E-state index in [1.54, 1.807) is 12.1 Å². The number of amides is 1. The zero-order valence-corrected chi connectivity index (χ0v) is 16.9. The van der Waals surface area contributed by atoms with Crippen molar-refractivity contribution in [3.8, 4) is 5.75 Å². The maximum Gasteiger partial charge on any atom is 0.257 e. The molecule has 0 radical (unpaired) electrons. The topological polar surface area (TPSA) is 55.6 Å². The zero-order chi connectivity index (χ0) is 17.8. The lowest BCUT2D eigenvalue weighted by Gasteiger charge is -2.19. The van der Waals surface area contributed by atoms with Crippen LogP contribution in [0.25, 0.3) is 0 Å². The highest BCUT2D eigenvalue weighted by atomic mass is 35.5. The molecule has 2 aromatic rings. The maximum absolute atomic E-state index is 12.8. The fraction of sp³-hybridized carbons (Fsp3) is 0.316. The minimum Gasteiger partial charge on any atom is -0.496 e. The first-order valence-electron chi connectivity index (χ1n) is 8.18. The molecule has 0 aliphatic carbocycles. The minimum absolute atomic E-state index is 0. The molecule has 4 nitrogen and oxygen atoms in total. The Kier molecular flexibility index (Phi) is 7.50. The summed E-state index contributed by atoms with van der Waals surface area (Å²) in [5.41, 5.74) is 6.68. The standard InChI is InChI=1S/C19H21ClN2O2S.ClH/c1-24-18-10-17(21)16(20)9-15(18)19(23)22-8-7-13(11-22)12-25-14-5-3-2-4-6-14;/h2-6,9-10,13H,7-8,11-12,21H2,1H3;1H. The monoisotopic (exact) mass is 412 g/mol. The van der Waals surface area contributed by atoms with Crippen LogP contribution >= 0.6 is 35.8 Å². The Morgan fingerprint density at radius 1 is 1.35 bits per heavy atom. The highest BCUT2D eigenvalue weighted by Crippen LogP contribution is 2.32. The Balaban J connectivity index is 0.00000243. The Hall–Kier alpha value is -1.56. The number of carbonyl (C=O) groups excluding carboxylic acids is 1. The molecule has 1 heterocycles. The van der Waals surface area contributed by atoms with Gasteiger partial charge in [0.15, 0.2) is 0 Å². The van der Waals surface area contributed by atoms with Crippen LogP contribution in [-0.4, -0.2) is 36.8 Å². The molecule has 7 heteroatoms. The second kappa shape index (κ2) is 9.40. The fourth-order valence-corrected chi connectivity index (χ4v) is 4.17. The van der Waals surface area contributed by atoms with Crippen LogP contribution in [-0.2, 0) is 0 Å². The lowest BCUT2D eigenvalue weighted by Crippen LogP contribution is -2.29. The van der Waals surface area contributed by atoms with Gasteiger partial charge in [-0.2, -0.15) is 0 Å². The van der Waals surface area contributed by atoms with Crippen LogP contribution < -0.4 is 10.5 Å². The normalized spacial score (nSPS) is 16.2. The predicted octanol–water partition coefficient (Wildman–Crippen LogP) is 4.61. The molecule has 0 aromatic heterocycles. The summed E-state index contributed by atoms with van der Waals surface area (Å²) in [7, 11) is 1.53. The number of ether oxygens (including phenoxy) is 1. The van der Waals surface area contributed by atoms with E-state index in [9.17, 15) is 4.79 Å². The van der Waals surface area contributed by atoms with Crippen molar-refractivity contribution in [3.63, 3.8) is 0 Å². The predicted molar refractivity (Wildman–Crippen MR) is 111 cm³/mol. The Morgan fingerprint density at radius 2 is 2.08 bits per heavy atom. The molecule has 1 fully saturated rings. The van der Waals surface area contributed by atoms with Crippen molar-refractivity contribution in [1.29, 1.82) is 0 Å². The molecule has 1 unspecified atom stereocenters. The van der Waals surface area contributed by atoms with Gasteiger partial charge in [0.1, 0.15) is 5.75 Å². The summed E-state index contributed by atoms with van der Waals surface area (Å²) in [6, 6.07) is 13.5. The maximum atomic E-state index is 12.8. The highest BCUT2D eigenvalue weighted by Gasteiger charge is 2.29. The number of hydrogen-bond donors (Lipinski definition) is 1. The second-order valence-electron chi connectivity index (χ2n) is 6.10. The van der Waals surface area contributed by atoms with Gasteiger partial charge in [-0.05, 0) is 30.5 Å². The van der Waals surface area contributed by atoms with Crippen LogP contribution in [0.4, 0.5) is 5.69 Å². The van der Waals surface area contributed by atoms with Gasteiger partial charge in [-0.15, -0.1) is 24.2 Å². The lowest BCUT2D eigenvalue weighted by atomic mass is 10.1. The smallest absolute Gasteiger partial charge is 0.257 e. The Labute approximate surface area is 169 Å². The van der Waals surface area contributed by atoms with E-state index in [0.29, 0.717) is 27.9 Å². The molecule has 2 N–H and O–H groups in total. The van der Waals surface area contributed by atoms with Gasteiger partial charge in [-0.3, -0.25) is 4.79 Å². The van der Waals surface area contributed by atoms with Gasteiger partial charge in [0.2, 0.25) is 0 Å². The molecule has 2 aromatic carbocycles. The van der Waals surface area contributed by atoms with E-state index in [0.717, 1.165) is 25.3 Å². The van der Waals surface area contributed by atoms with Crippen LogP contribution in [0.1, 0.15) is 16.8 Å². The van der Waals surface area contributed by atoms with Crippen molar-refractivity contribution in [2.45, 2.75) is 11.3 Å². The molecule has 1 atom stereocenters. The number of halogens is 2. The molecule has 1 amide bonds. The van der Waals surface area contributed by atoms with Crippen molar-refractivity contribution < 1.29 is 9.53 Å². The number of nitrogens with zero attached hydrogens (tertiary/aromatic N) is 1. The number of anilines is 1. The first-order valence-corrected chi connectivity index (χ1v) is 9.55. The van der Waals surface area contributed by atoms with Crippen molar-refractivity contribution >= 4 is 47.4 Å². The molecule has 0 spiro atoms. The number of benzene rings is 2. The van der Waals surface area contributed by atoms with Crippen molar-refractivity contribution in [2.24, 2.45) is 5.92 Å². The summed E-state index contributed by atoms with van der Waals surface area (Å²) in [5.74, 6) is 1.91. The van der Waals surface area contributed by atoms with Crippen LogP contribution in [0.3, 0.4) is 0 Å². The number of nitrogen functional groups attached to an aromatic ring is 1. The van der Waals surface area contributed by atoms with Gasteiger partial charge < -0.3 is 15.4 Å². The largest absolute Gasteiger partial charge is 0.496 e. The molecule has 1 aliphatic heterocycles. The van der Waals surface area contributed by atoms with Crippen LogP contribution in [0.5, 0.6) is 5.75 Å². The Morgan fingerprint density at radius 3 is 2.77 bits per heavy atom. The number of carbonyl (C=O) groups is 1. The van der Waals surface area contributed by atoms with Crippen molar-refractivity contribution in [1.82, 2.24) is 4.90 Å². The number of thioether (sulfide) groups is 1. The lowest BCUT2D eigenvalue weighted by molar-refractivity contribution is 0.0785. The average molecular weight is 413 g/mol. The van der Waals surface area contributed by atoms with E-state index in [1.165, 1.54) is 12.0 Å². The number of rotatable bonds is 5. The third-order valence-corrected chi connectivity index (χ3v) is 5.92. The van der Waals surface area contributed by atoms with Crippen LogP contribution in [0.2, 0.25) is 5.02 Å². The third-order valence-electron chi connectivity index (χ3n) is 4.35. The number of nitrogens with two attached hydrogens (primary N) is 1. The van der Waals surface area contributed by atoms with E-state index >= 15 is 0 Å². The summed E-state index contributed by atoms with van der Waals surface area (Å²) in [6.07, 6.45) is 1.01. The van der Waals surface area contributed by atoms with Crippen LogP contribution in [0, 0.1) is 5.92 Å². The Bertz CT molecular complexity index is 759. The van der Waals surface area contributed by atoms with E-state index in [-0.39, 0.29) is 18.3 Å². The molecule has 1 aliphatic rings. The quantitative estimate of drug-likeness (QED) is 0.575. The van der Waals surface area contributed by atoms with E-state index in [2.05, 4.69) is 12.1 Å². The van der Waals surface area contributed by atoms with Gasteiger partial charge in [-0.1, -0.05) is 29.8 Å². The van der Waals surface area contributed by atoms with Gasteiger partial charge in [0, 0.05) is 29.8 Å². The summed E-state index contributed by atoms with van der Waals surface area (Å²) in [5, 5.41) is 0.375. The van der Waals surface area contributed by atoms with Gasteiger partial charge in [0.05, 0.1) is 23.4 Å². The molecular weight excluding hydrogens is 391 g/mol. The van der Waals surface area contributed by atoms with Crippen LogP contribution in [0.15, 0.2) is 47.4 Å². The first kappa shape index (κ1) is 20.7. The number of hydrogen-bond acceptors (Lipinski definition) is 4. The summed E-state index contributed by atoms with van der Waals surface area (Å²) < 4.78 is 5.30. The summed E-state index contributed by atoms with van der Waals surface area (Å²) in [6.45, 7) is 1.51. The molecule has 3 rings (SSSR count). The van der Waals surface area contributed by atoms with Crippen molar-refractivity contribution in [3.05, 3.63) is 53.1 Å². The zero-order valence-electron chi connectivity index (χ0n) is 14.5. The van der Waals surface area contributed by atoms with Gasteiger partial charge >= 0.3 is 0 Å². The molecule has 140 valence electrons. The van der Waals surface area contributed by atoms with Crippen molar-refractivity contribution in [2.75, 3.05) is 31.7 Å². The summed E-state index contributed by atoms with van der Waals surface area (Å²) >= 11 is 7.92. The highest BCUT2D eigenvalue weighted by molar-refractivity contribution is 7.99. The van der Waals surface area contributed by atoms with E-state index in [1.807, 2.05) is 34.9 Å². The third kappa shape index (κ3) is 4.78. The summed E-state index contributed by atoms with van der Waals surface area (Å²) in [4.78, 5) is 16.0. The van der Waals surface area contributed by atoms with E-state index in [4.69, 9.17) is 22.1 Å². The molecule has 0 saturated carbocycles. The SMILES string of the molecule is COc1cc(N)c(Cl)cc1C(=O)N1CCC(CSc2ccccc2)C1.Cl. The molecular formula is C19H22Cl2N2O2S. The minimum atomic E-state index is -0.0500. The second-order valence-corrected chi connectivity index (χ2v) is 7.60. The molecule has 1 saturated heterocycles. The fourth-order valence-electron chi connectivity index (χ4n) is 2.96. The average Bonchev–Trinajstić information content (AvgIpc) is 3.11. The molecule has 26 heavy (non-hydrogen) atoms. The number of methoxy groups -OCH3 is 1. The van der Waals surface area contributed by atoms with Gasteiger partial charge in [0.25, 0.3) is 5.91 Å². The number of likely N-dealkylation sites (tertiary alicyclic amines) is 1. The van der Waals surface area contributed by atoms with E-state index < -0.39 is 0 Å². The molecule has 0 bridgehead atoms. The first-order chi connectivity index (χ1) is 12.1.